The predicted octanol–water partition coefficient (Wildman–Crippen LogP) is 3.11. The Kier molecular flexibility index (Phi) is 5.28. The number of benzene rings is 1. The molecule has 3 heteroatoms. The maximum absolute atomic E-state index is 5.56. The fourth-order valence-electron chi connectivity index (χ4n) is 1.96. The lowest BCUT2D eigenvalue weighted by molar-refractivity contribution is 0.171. The van der Waals surface area contributed by atoms with Gasteiger partial charge in [-0.25, -0.2) is 0 Å². The van der Waals surface area contributed by atoms with Gasteiger partial charge in [0.25, 0.3) is 0 Å². The Morgan fingerprint density at radius 2 is 2.00 bits per heavy atom. The van der Waals surface area contributed by atoms with Gasteiger partial charge in [-0.15, -0.1) is 0 Å². The maximum atomic E-state index is 5.56. The molecular weight excluding hydrogens is 238 g/mol. The molecule has 0 amide bonds. The number of nitrogens with one attached hydrogen (secondary N) is 1. The van der Waals surface area contributed by atoms with Crippen molar-refractivity contribution in [2.24, 2.45) is 5.92 Å². The summed E-state index contributed by atoms with van der Waals surface area (Å²) in [6.45, 7) is 7.83. The molecule has 0 spiro atoms. The van der Waals surface area contributed by atoms with Gasteiger partial charge in [0.2, 0.25) is 0 Å². The van der Waals surface area contributed by atoms with E-state index in [4.69, 9.17) is 9.47 Å². The lowest BCUT2D eigenvalue weighted by Crippen LogP contribution is -2.20. The fraction of sp³-hybridized carbons (Fsp3) is 0.500. The minimum atomic E-state index is 0.638. The Bertz CT molecular complexity index is 427. The van der Waals surface area contributed by atoms with E-state index in [2.05, 4.69) is 37.4 Å². The quantitative estimate of drug-likeness (QED) is 0.798. The van der Waals surface area contributed by atoms with Crippen molar-refractivity contribution in [3.05, 3.63) is 29.8 Å². The van der Waals surface area contributed by atoms with E-state index in [-0.39, 0.29) is 0 Å². The highest BCUT2D eigenvalue weighted by molar-refractivity contribution is 5.56. The summed E-state index contributed by atoms with van der Waals surface area (Å²) in [5.41, 5.74) is 1.16. The van der Waals surface area contributed by atoms with Gasteiger partial charge in [0.15, 0.2) is 11.5 Å². The number of ether oxygens (including phenoxy) is 2. The van der Waals surface area contributed by atoms with Crippen LogP contribution in [0.3, 0.4) is 0 Å². The first kappa shape index (κ1) is 13.9. The van der Waals surface area contributed by atoms with Crippen molar-refractivity contribution in [2.45, 2.75) is 20.3 Å². The first-order chi connectivity index (χ1) is 9.25. The van der Waals surface area contributed by atoms with Crippen LogP contribution in [-0.4, -0.2) is 26.3 Å². The third-order valence-electron chi connectivity index (χ3n) is 2.92. The molecule has 1 aliphatic rings. The van der Waals surface area contributed by atoms with E-state index in [9.17, 15) is 0 Å². The number of hydrogen-bond acceptors (Lipinski definition) is 3. The Morgan fingerprint density at radius 1 is 1.21 bits per heavy atom. The molecule has 0 radical (unpaired) electrons. The number of fused-ring (bicyclic) bond motifs is 1. The molecule has 1 N–H and O–H groups in total. The zero-order valence-corrected chi connectivity index (χ0v) is 11.8. The minimum absolute atomic E-state index is 0.638. The summed E-state index contributed by atoms with van der Waals surface area (Å²) in [6, 6.07) is 6.07. The van der Waals surface area contributed by atoms with Crippen molar-refractivity contribution >= 4 is 6.08 Å². The minimum Gasteiger partial charge on any atom is -0.486 e. The number of hydrogen-bond donors (Lipinski definition) is 1. The largest absolute Gasteiger partial charge is 0.486 e. The predicted molar refractivity (Wildman–Crippen MR) is 78.8 cm³/mol. The second kappa shape index (κ2) is 7.19. The van der Waals surface area contributed by atoms with Crippen molar-refractivity contribution in [1.29, 1.82) is 0 Å². The van der Waals surface area contributed by atoms with E-state index >= 15 is 0 Å². The normalized spacial score (nSPS) is 14.3. The third kappa shape index (κ3) is 4.60. The monoisotopic (exact) mass is 261 g/mol. The van der Waals surface area contributed by atoms with E-state index in [1.807, 2.05) is 12.1 Å². The van der Waals surface area contributed by atoms with Gasteiger partial charge in [-0.3, -0.25) is 0 Å². The Morgan fingerprint density at radius 3 is 2.79 bits per heavy atom. The van der Waals surface area contributed by atoms with Crippen LogP contribution in [-0.2, 0) is 0 Å². The van der Waals surface area contributed by atoms with E-state index in [0.29, 0.717) is 19.1 Å². The van der Waals surface area contributed by atoms with Crippen molar-refractivity contribution < 1.29 is 9.47 Å². The molecule has 0 unspecified atom stereocenters. The Balaban J connectivity index is 1.79. The van der Waals surface area contributed by atoms with Crippen LogP contribution in [0.2, 0.25) is 0 Å². The molecule has 3 nitrogen and oxygen atoms in total. The second-order valence-electron chi connectivity index (χ2n) is 5.19. The summed E-state index contributed by atoms with van der Waals surface area (Å²) in [6.07, 6.45) is 5.37. The van der Waals surface area contributed by atoms with Crippen molar-refractivity contribution in [3.8, 4) is 11.5 Å². The second-order valence-corrected chi connectivity index (χ2v) is 5.19. The summed E-state index contributed by atoms with van der Waals surface area (Å²) in [5.74, 6) is 2.41. The molecule has 1 aromatic carbocycles. The molecule has 0 aromatic heterocycles. The van der Waals surface area contributed by atoms with Gasteiger partial charge in [-0.05, 0) is 43.1 Å². The van der Waals surface area contributed by atoms with E-state index in [1.54, 1.807) is 0 Å². The van der Waals surface area contributed by atoms with Crippen LogP contribution in [0.25, 0.3) is 6.08 Å². The average molecular weight is 261 g/mol. The summed E-state index contributed by atoms with van der Waals surface area (Å²) in [7, 11) is 0. The topological polar surface area (TPSA) is 30.5 Å². The van der Waals surface area contributed by atoms with Crippen LogP contribution in [0.5, 0.6) is 11.5 Å². The van der Waals surface area contributed by atoms with Crippen LogP contribution in [0, 0.1) is 5.92 Å². The molecule has 0 saturated carbocycles. The molecule has 104 valence electrons. The highest BCUT2D eigenvalue weighted by atomic mass is 16.6. The van der Waals surface area contributed by atoms with Crippen LogP contribution in [0.1, 0.15) is 25.8 Å². The van der Waals surface area contributed by atoms with Crippen molar-refractivity contribution in [3.63, 3.8) is 0 Å². The van der Waals surface area contributed by atoms with Gasteiger partial charge in [-0.1, -0.05) is 32.1 Å². The SMILES string of the molecule is CC(C)CNCCC=Cc1ccc2c(c1)OCCO2. The smallest absolute Gasteiger partial charge is 0.161 e. The zero-order valence-electron chi connectivity index (χ0n) is 11.8. The third-order valence-corrected chi connectivity index (χ3v) is 2.92. The highest BCUT2D eigenvalue weighted by Gasteiger charge is 2.10. The first-order valence-corrected chi connectivity index (χ1v) is 7.02. The molecule has 1 aromatic rings. The molecule has 19 heavy (non-hydrogen) atoms. The van der Waals surface area contributed by atoms with Crippen LogP contribution in [0.4, 0.5) is 0 Å². The zero-order chi connectivity index (χ0) is 13.5. The molecule has 2 rings (SSSR count). The Labute approximate surface area is 115 Å². The summed E-state index contributed by atoms with van der Waals surface area (Å²) >= 11 is 0. The highest BCUT2D eigenvalue weighted by Crippen LogP contribution is 2.31. The molecular formula is C16H23NO2. The fourth-order valence-corrected chi connectivity index (χ4v) is 1.96. The van der Waals surface area contributed by atoms with Crippen LogP contribution < -0.4 is 14.8 Å². The van der Waals surface area contributed by atoms with E-state index < -0.39 is 0 Å². The number of rotatable bonds is 6. The average Bonchev–Trinajstić information content (AvgIpc) is 2.42. The van der Waals surface area contributed by atoms with Crippen molar-refractivity contribution in [1.82, 2.24) is 5.32 Å². The van der Waals surface area contributed by atoms with Gasteiger partial charge in [0, 0.05) is 0 Å². The van der Waals surface area contributed by atoms with Crippen LogP contribution in [0.15, 0.2) is 24.3 Å². The summed E-state index contributed by atoms with van der Waals surface area (Å²) in [5, 5.41) is 3.43. The molecule has 0 bridgehead atoms. The Hall–Kier alpha value is -1.48. The summed E-state index contributed by atoms with van der Waals surface area (Å²) < 4.78 is 11.1. The van der Waals surface area contributed by atoms with Gasteiger partial charge in [-0.2, -0.15) is 0 Å². The van der Waals surface area contributed by atoms with Gasteiger partial charge in [0.1, 0.15) is 13.2 Å². The van der Waals surface area contributed by atoms with Gasteiger partial charge in [0.05, 0.1) is 0 Å². The van der Waals surface area contributed by atoms with Gasteiger partial charge < -0.3 is 14.8 Å². The van der Waals surface area contributed by atoms with Crippen LogP contribution >= 0.6 is 0 Å². The molecule has 0 fully saturated rings. The standard InChI is InChI=1S/C16H23NO2/c1-13(2)12-17-8-4-3-5-14-6-7-15-16(11-14)19-10-9-18-15/h3,5-7,11,13,17H,4,8-10,12H2,1-2H3. The lowest BCUT2D eigenvalue weighted by Gasteiger charge is -2.18. The molecule has 1 aliphatic heterocycles. The van der Waals surface area contributed by atoms with Gasteiger partial charge >= 0.3 is 0 Å². The lowest BCUT2D eigenvalue weighted by atomic mass is 10.1. The molecule has 1 heterocycles. The summed E-state index contributed by atoms with van der Waals surface area (Å²) in [4.78, 5) is 0. The molecule has 0 aliphatic carbocycles. The maximum Gasteiger partial charge on any atom is 0.161 e. The molecule has 0 saturated heterocycles. The van der Waals surface area contributed by atoms with Crippen molar-refractivity contribution in [2.75, 3.05) is 26.3 Å². The van der Waals surface area contributed by atoms with E-state index in [1.165, 1.54) is 0 Å². The molecule has 0 atom stereocenters. The first-order valence-electron chi connectivity index (χ1n) is 7.02. The van der Waals surface area contributed by atoms with E-state index in [0.717, 1.165) is 36.6 Å².